The molecule has 3 amide bonds. The van der Waals surface area contributed by atoms with Gasteiger partial charge in [-0.15, -0.1) is 5.10 Å². The highest BCUT2D eigenvalue weighted by Crippen LogP contribution is 2.28. The van der Waals surface area contributed by atoms with Crippen LogP contribution in [0.15, 0.2) is 24.3 Å². The molecule has 0 unspecified atom stereocenters. The third-order valence-electron chi connectivity index (χ3n) is 5.49. The van der Waals surface area contributed by atoms with E-state index in [9.17, 15) is 14.4 Å². The molecule has 1 fully saturated rings. The van der Waals surface area contributed by atoms with Crippen molar-refractivity contribution in [3.8, 4) is 0 Å². The summed E-state index contributed by atoms with van der Waals surface area (Å²) in [7, 11) is 0. The smallest absolute Gasteiger partial charge is 0.254 e. The number of hydrogen-bond donors (Lipinski definition) is 4. The third kappa shape index (κ3) is 4.61. The molecule has 9 heteroatoms. The van der Waals surface area contributed by atoms with E-state index in [0.717, 1.165) is 24.6 Å². The van der Waals surface area contributed by atoms with Crippen LogP contribution < -0.4 is 16.0 Å². The van der Waals surface area contributed by atoms with Gasteiger partial charge in [-0.3, -0.25) is 24.8 Å². The number of H-pyrrole nitrogens is 1. The minimum Gasteiger partial charge on any atom is -0.340 e. The second-order valence-corrected chi connectivity index (χ2v) is 7.61. The zero-order valence-corrected chi connectivity index (χ0v) is 16.0. The van der Waals surface area contributed by atoms with E-state index in [-0.39, 0.29) is 12.4 Å². The van der Waals surface area contributed by atoms with Crippen LogP contribution in [0.5, 0.6) is 0 Å². The van der Waals surface area contributed by atoms with Crippen molar-refractivity contribution in [2.24, 2.45) is 5.92 Å². The Balaban J connectivity index is 1.31. The average molecular weight is 396 g/mol. The lowest BCUT2D eigenvalue weighted by Gasteiger charge is -2.13. The second-order valence-electron chi connectivity index (χ2n) is 7.61. The number of nitrogens with one attached hydrogen (secondary N) is 4. The summed E-state index contributed by atoms with van der Waals surface area (Å²) in [6.07, 6.45) is 6.81. The molecule has 1 saturated carbocycles. The fraction of sp³-hybridized carbons (Fsp3) is 0.450. The highest BCUT2D eigenvalue weighted by atomic mass is 16.2. The summed E-state index contributed by atoms with van der Waals surface area (Å²) in [6, 6.07) is 5.73. The van der Waals surface area contributed by atoms with Crippen LogP contribution in [0.4, 0.5) is 11.6 Å². The number of aromatic amines is 1. The Morgan fingerprint density at radius 3 is 2.79 bits per heavy atom. The maximum absolute atomic E-state index is 12.4. The van der Waals surface area contributed by atoms with Crippen LogP contribution in [-0.4, -0.2) is 38.9 Å². The molecule has 0 saturated heterocycles. The van der Waals surface area contributed by atoms with Crippen molar-refractivity contribution in [2.75, 3.05) is 10.6 Å². The van der Waals surface area contributed by atoms with E-state index in [4.69, 9.17) is 0 Å². The summed E-state index contributed by atoms with van der Waals surface area (Å²) in [6.45, 7) is 0. The van der Waals surface area contributed by atoms with Gasteiger partial charge in [0.05, 0.1) is 17.7 Å². The normalized spacial score (nSPS) is 19.2. The van der Waals surface area contributed by atoms with Crippen molar-refractivity contribution in [1.29, 1.82) is 0 Å². The van der Waals surface area contributed by atoms with E-state index >= 15 is 0 Å². The Morgan fingerprint density at radius 2 is 1.97 bits per heavy atom. The Bertz CT molecular complexity index is 918. The van der Waals surface area contributed by atoms with Gasteiger partial charge in [-0.2, -0.15) is 4.98 Å². The third-order valence-corrected chi connectivity index (χ3v) is 5.49. The number of aryl methyl sites for hydroxylation is 1. The standard InChI is InChI=1S/C20H24N6O3/c27-17(24-20-23-16(25-26-20)10-9-12-5-1-2-6-12)11-15-19(29)21-14-8-4-3-7-13(14)18(28)22-15/h3-4,7-8,12,15H,1-2,5-6,9-11H2,(H,21,29)(H,22,28)(H2,23,24,25,26,27)/t15-/m1/s1. The van der Waals surface area contributed by atoms with Gasteiger partial charge in [0.1, 0.15) is 11.9 Å². The van der Waals surface area contributed by atoms with Crippen molar-refractivity contribution in [2.45, 2.75) is 51.0 Å². The van der Waals surface area contributed by atoms with Gasteiger partial charge >= 0.3 is 0 Å². The van der Waals surface area contributed by atoms with Gasteiger partial charge in [0, 0.05) is 6.42 Å². The molecule has 4 N–H and O–H groups in total. The van der Waals surface area contributed by atoms with Crippen LogP contribution in [-0.2, 0) is 16.0 Å². The molecule has 0 spiro atoms. The highest BCUT2D eigenvalue weighted by molar-refractivity contribution is 6.11. The number of hydrogen-bond acceptors (Lipinski definition) is 5. The molecule has 29 heavy (non-hydrogen) atoms. The SMILES string of the molecule is O=C(C[C@H]1NC(=O)c2ccccc2NC1=O)Nc1n[nH]c(CCC2CCCC2)n1. The van der Waals surface area contributed by atoms with Gasteiger partial charge < -0.3 is 10.6 Å². The van der Waals surface area contributed by atoms with Gasteiger partial charge in [0.2, 0.25) is 17.8 Å². The molecule has 9 nitrogen and oxygen atoms in total. The number of anilines is 2. The minimum absolute atomic E-state index is 0.181. The van der Waals surface area contributed by atoms with E-state index in [2.05, 4.69) is 31.1 Å². The molecule has 1 atom stereocenters. The number of para-hydroxylation sites is 1. The van der Waals surface area contributed by atoms with Crippen LogP contribution in [0.2, 0.25) is 0 Å². The van der Waals surface area contributed by atoms with E-state index in [1.807, 2.05) is 0 Å². The van der Waals surface area contributed by atoms with Crippen LogP contribution >= 0.6 is 0 Å². The van der Waals surface area contributed by atoms with Gasteiger partial charge in [0.15, 0.2) is 0 Å². The van der Waals surface area contributed by atoms with Gasteiger partial charge in [-0.05, 0) is 24.5 Å². The quantitative estimate of drug-likeness (QED) is 0.594. The van der Waals surface area contributed by atoms with Crippen molar-refractivity contribution in [3.05, 3.63) is 35.7 Å². The predicted molar refractivity (Wildman–Crippen MR) is 106 cm³/mol. The maximum atomic E-state index is 12.4. The summed E-state index contributed by atoms with van der Waals surface area (Å²) in [5, 5.41) is 14.7. The average Bonchev–Trinajstić information content (AvgIpc) is 3.35. The monoisotopic (exact) mass is 396 g/mol. The summed E-state index contributed by atoms with van der Waals surface area (Å²) >= 11 is 0. The van der Waals surface area contributed by atoms with Crippen LogP contribution in [0, 0.1) is 5.92 Å². The molecule has 0 bridgehead atoms. The molecule has 2 aliphatic rings. The zero-order valence-electron chi connectivity index (χ0n) is 16.0. The first kappa shape index (κ1) is 19.1. The number of carbonyl (C=O) groups is 3. The first-order chi connectivity index (χ1) is 14.1. The maximum Gasteiger partial charge on any atom is 0.254 e. The Morgan fingerprint density at radius 1 is 1.17 bits per heavy atom. The van der Waals surface area contributed by atoms with E-state index < -0.39 is 23.8 Å². The van der Waals surface area contributed by atoms with E-state index in [0.29, 0.717) is 11.3 Å². The molecule has 1 aromatic carbocycles. The fourth-order valence-corrected chi connectivity index (χ4v) is 3.92. The zero-order chi connectivity index (χ0) is 20.2. The number of aromatic nitrogens is 3. The number of nitrogens with zero attached hydrogens (tertiary/aromatic N) is 2. The lowest BCUT2D eigenvalue weighted by molar-refractivity contribution is -0.122. The topological polar surface area (TPSA) is 129 Å². The first-order valence-electron chi connectivity index (χ1n) is 10.0. The predicted octanol–water partition coefficient (Wildman–Crippen LogP) is 2.01. The number of benzene rings is 1. The molecule has 1 aliphatic carbocycles. The van der Waals surface area contributed by atoms with Crippen molar-refractivity contribution in [1.82, 2.24) is 20.5 Å². The van der Waals surface area contributed by atoms with E-state index in [1.165, 1.54) is 25.7 Å². The Labute approximate surface area is 168 Å². The number of rotatable bonds is 6. The van der Waals surface area contributed by atoms with Gasteiger partial charge in [0.25, 0.3) is 5.91 Å². The summed E-state index contributed by atoms with van der Waals surface area (Å²) < 4.78 is 0. The summed E-state index contributed by atoms with van der Waals surface area (Å²) in [5.41, 5.74) is 0.795. The lowest BCUT2D eigenvalue weighted by Crippen LogP contribution is -2.43. The molecule has 1 aliphatic heterocycles. The van der Waals surface area contributed by atoms with Gasteiger partial charge in [-0.25, -0.2) is 0 Å². The van der Waals surface area contributed by atoms with Crippen molar-refractivity contribution < 1.29 is 14.4 Å². The number of amides is 3. The summed E-state index contributed by atoms with van der Waals surface area (Å²) in [4.78, 5) is 41.4. The molecular weight excluding hydrogens is 372 g/mol. The largest absolute Gasteiger partial charge is 0.340 e. The lowest BCUT2D eigenvalue weighted by atomic mass is 10.0. The van der Waals surface area contributed by atoms with Crippen LogP contribution in [0.3, 0.4) is 0 Å². The fourth-order valence-electron chi connectivity index (χ4n) is 3.92. The van der Waals surface area contributed by atoms with Crippen molar-refractivity contribution in [3.63, 3.8) is 0 Å². The molecule has 2 aromatic rings. The van der Waals surface area contributed by atoms with Crippen molar-refractivity contribution >= 4 is 29.4 Å². The summed E-state index contributed by atoms with van der Waals surface area (Å²) in [5.74, 6) is 0.384. The minimum atomic E-state index is -0.976. The molecule has 1 aromatic heterocycles. The molecule has 4 rings (SSSR count). The molecule has 2 heterocycles. The number of carbonyl (C=O) groups excluding carboxylic acids is 3. The number of fused-ring (bicyclic) bond motifs is 1. The van der Waals surface area contributed by atoms with Gasteiger partial charge in [-0.1, -0.05) is 37.8 Å². The Kier molecular flexibility index (Phi) is 5.55. The second kappa shape index (κ2) is 8.42. The van der Waals surface area contributed by atoms with E-state index in [1.54, 1.807) is 24.3 Å². The first-order valence-corrected chi connectivity index (χ1v) is 10.0. The van der Waals surface area contributed by atoms with Crippen LogP contribution in [0.1, 0.15) is 54.7 Å². The molecule has 152 valence electrons. The molecule has 0 radical (unpaired) electrons. The molecular formula is C20H24N6O3. The Hall–Kier alpha value is -3.23. The van der Waals surface area contributed by atoms with Crippen LogP contribution in [0.25, 0.3) is 0 Å². The highest BCUT2D eigenvalue weighted by Gasteiger charge is 2.29.